The third-order valence-corrected chi connectivity index (χ3v) is 4.90. The Kier molecular flexibility index (Phi) is 4.69. The van der Waals surface area contributed by atoms with Crippen LogP contribution in [0.25, 0.3) is 0 Å². The lowest BCUT2D eigenvalue weighted by Crippen LogP contribution is -2.45. The molecule has 2 aliphatic heterocycles. The van der Waals surface area contributed by atoms with Crippen molar-refractivity contribution in [1.82, 2.24) is 19.7 Å². The Morgan fingerprint density at radius 1 is 1.35 bits per heavy atom. The molecular formula is C18H23N5O3. The minimum atomic E-state index is -0.395. The van der Waals surface area contributed by atoms with Gasteiger partial charge in [0.2, 0.25) is 5.95 Å². The summed E-state index contributed by atoms with van der Waals surface area (Å²) in [6.45, 7) is 5.02. The van der Waals surface area contributed by atoms with E-state index in [1.807, 2.05) is 19.3 Å². The fourth-order valence-corrected chi connectivity index (χ4v) is 3.59. The van der Waals surface area contributed by atoms with E-state index in [1.54, 1.807) is 12.3 Å². The summed E-state index contributed by atoms with van der Waals surface area (Å²) in [6.07, 6.45) is 6.97. The largest absolute Gasteiger partial charge is 0.377 e. The van der Waals surface area contributed by atoms with Crippen molar-refractivity contribution in [2.75, 3.05) is 31.2 Å². The highest BCUT2D eigenvalue weighted by Crippen LogP contribution is 2.34. The highest BCUT2D eigenvalue weighted by molar-refractivity contribution is 5.31. The highest BCUT2D eigenvalue weighted by Gasteiger charge is 2.43. The molecule has 2 saturated heterocycles. The van der Waals surface area contributed by atoms with Crippen LogP contribution in [-0.2, 0) is 16.0 Å². The van der Waals surface area contributed by atoms with E-state index in [4.69, 9.17) is 9.47 Å². The lowest BCUT2D eigenvalue weighted by Gasteiger charge is -2.32. The molecule has 0 radical (unpaired) electrons. The maximum Gasteiger partial charge on any atom is 0.266 e. The van der Waals surface area contributed by atoms with Crippen LogP contribution in [0.4, 0.5) is 5.95 Å². The normalized spacial score (nSPS) is 26.2. The van der Waals surface area contributed by atoms with Gasteiger partial charge in [0.05, 0.1) is 32.4 Å². The van der Waals surface area contributed by atoms with E-state index in [0.717, 1.165) is 24.9 Å². The second-order valence-corrected chi connectivity index (χ2v) is 7.04. The molecule has 0 amide bonds. The standard InChI is InChI=1S/C18H23N5O3/c1-14-9-19-17(20-10-14)22-7-8-25-13-18(12-22)5-4-15(26-18)11-23-16(24)3-2-6-21-23/h2-3,6,9-10,15H,4-5,7-8,11-13H2,1H3/t15-,18-/m0/s1. The minimum Gasteiger partial charge on any atom is -0.377 e. The summed E-state index contributed by atoms with van der Waals surface area (Å²) in [5.41, 5.74) is 0.532. The van der Waals surface area contributed by atoms with Crippen LogP contribution in [-0.4, -0.2) is 57.8 Å². The van der Waals surface area contributed by atoms with Crippen molar-refractivity contribution in [2.45, 2.75) is 38.0 Å². The van der Waals surface area contributed by atoms with Gasteiger partial charge in [-0.15, -0.1) is 0 Å². The molecule has 4 heterocycles. The first kappa shape index (κ1) is 17.1. The van der Waals surface area contributed by atoms with Gasteiger partial charge in [0.25, 0.3) is 5.56 Å². The molecule has 138 valence electrons. The first-order valence-electron chi connectivity index (χ1n) is 8.95. The zero-order valence-corrected chi connectivity index (χ0v) is 14.9. The first-order valence-corrected chi connectivity index (χ1v) is 8.95. The van der Waals surface area contributed by atoms with E-state index in [1.165, 1.54) is 10.7 Å². The van der Waals surface area contributed by atoms with Gasteiger partial charge in [-0.25, -0.2) is 14.6 Å². The zero-order chi connectivity index (χ0) is 18.0. The Labute approximate surface area is 151 Å². The van der Waals surface area contributed by atoms with Crippen LogP contribution < -0.4 is 10.5 Å². The summed E-state index contributed by atoms with van der Waals surface area (Å²) in [4.78, 5) is 22.9. The van der Waals surface area contributed by atoms with Crippen LogP contribution >= 0.6 is 0 Å². The van der Waals surface area contributed by atoms with Crippen LogP contribution in [0.3, 0.4) is 0 Å². The van der Waals surface area contributed by atoms with E-state index >= 15 is 0 Å². The van der Waals surface area contributed by atoms with Gasteiger partial charge in [-0.2, -0.15) is 5.10 Å². The molecule has 8 nitrogen and oxygen atoms in total. The Balaban J connectivity index is 1.48. The van der Waals surface area contributed by atoms with E-state index in [0.29, 0.717) is 32.3 Å². The van der Waals surface area contributed by atoms with Crippen LogP contribution in [0.5, 0.6) is 0 Å². The van der Waals surface area contributed by atoms with Crippen LogP contribution in [0.15, 0.2) is 35.5 Å². The summed E-state index contributed by atoms with van der Waals surface area (Å²) >= 11 is 0. The highest BCUT2D eigenvalue weighted by atomic mass is 16.6. The Morgan fingerprint density at radius 3 is 3.00 bits per heavy atom. The number of aryl methyl sites for hydroxylation is 1. The number of anilines is 1. The molecule has 2 aromatic rings. The fraction of sp³-hybridized carbons (Fsp3) is 0.556. The van der Waals surface area contributed by atoms with Gasteiger partial charge in [0.1, 0.15) is 5.60 Å². The number of hydrogen-bond acceptors (Lipinski definition) is 7. The summed E-state index contributed by atoms with van der Waals surface area (Å²) in [5.74, 6) is 0.702. The number of rotatable bonds is 3. The predicted molar refractivity (Wildman–Crippen MR) is 95.1 cm³/mol. The third kappa shape index (κ3) is 3.61. The molecule has 0 saturated carbocycles. The van der Waals surface area contributed by atoms with Gasteiger partial charge >= 0.3 is 0 Å². The fourth-order valence-electron chi connectivity index (χ4n) is 3.59. The topological polar surface area (TPSA) is 82.4 Å². The molecule has 8 heteroatoms. The lowest BCUT2D eigenvalue weighted by atomic mass is 10.0. The maximum atomic E-state index is 11.9. The van der Waals surface area contributed by atoms with Crippen LogP contribution in [0.2, 0.25) is 0 Å². The van der Waals surface area contributed by atoms with E-state index < -0.39 is 5.60 Å². The van der Waals surface area contributed by atoms with Gasteiger partial charge in [0, 0.05) is 31.2 Å². The zero-order valence-electron chi connectivity index (χ0n) is 14.9. The van der Waals surface area contributed by atoms with Crippen LogP contribution in [0, 0.1) is 6.92 Å². The minimum absolute atomic E-state index is 0.0508. The lowest BCUT2D eigenvalue weighted by molar-refractivity contribution is -0.0810. The molecule has 0 unspecified atom stereocenters. The molecule has 0 aromatic carbocycles. The van der Waals surface area contributed by atoms with Gasteiger partial charge < -0.3 is 14.4 Å². The Morgan fingerprint density at radius 2 is 2.19 bits per heavy atom. The molecule has 1 spiro atoms. The molecule has 2 aliphatic rings. The summed E-state index contributed by atoms with van der Waals surface area (Å²) in [7, 11) is 0. The second kappa shape index (κ2) is 7.13. The smallest absolute Gasteiger partial charge is 0.266 e. The SMILES string of the molecule is Cc1cnc(N2CCOC[C@]3(CC[C@@H](Cn4ncccc4=O)O3)C2)nc1. The molecule has 2 aromatic heterocycles. The molecule has 26 heavy (non-hydrogen) atoms. The quantitative estimate of drug-likeness (QED) is 0.803. The molecular weight excluding hydrogens is 334 g/mol. The second-order valence-electron chi connectivity index (χ2n) is 7.04. The number of hydrogen-bond donors (Lipinski definition) is 0. The van der Waals surface area contributed by atoms with Crippen molar-refractivity contribution in [3.8, 4) is 0 Å². The number of aromatic nitrogens is 4. The molecule has 4 rings (SSSR count). The van der Waals surface area contributed by atoms with Gasteiger partial charge in [-0.1, -0.05) is 0 Å². The number of ether oxygens (including phenoxy) is 2. The molecule has 0 aliphatic carbocycles. The van der Waals surface area contributed by atoms with E-state index in [-0.39, 0.29) is 11.7 Å². The van der Waals surface area contributed by atoms with Gasteiger partial charge in [-0.05, 0) is 31.4 Å². The van der Waals surface area contributed by atoms with Crippen LogP contribution in [0.1, 0.15) is 18.4 Å². The van der Waals surface area contributed by atoms with Gasteiger partial charge in [-0.3, -0.25) is 4.79 Å². The molecule has 2 atom stereocenters. The average Bonchev–Trinajstić information content (AvgIpc) is 2.90. The van der Waals surface area contributed by atoms with E-state index in [9.17, 15) is 4.79 Å². The van der Waals surface area contributed by atoms with Crippen molar-refractivity contribution < 1.29 is 9.47 Å². The van der Waals surface area contributed by atoms with Gasteiger partial charge in [0.15, 0.2) is 0 Å². The van der Waals surface area contributed by atoms with Crippen molar-refractivity contribution in [2.24, 2.45) is 0 Å². The summed E-state index contributed by atoms with van der Waals surface area (Å²) in [6, 6.07) is 3.16. The summed E-state index contributed by atoms with van der Waals surface area (Å²) < 4.78 is 13.7. The van der Waals surface area contributed by atoms with Crippen molar-refractivity contribution in [3.63, 3.8) is 0 Å². The number of nitrogens with zero attached hydrogens (tertiary/aromatic N) is 5. The average molecular weight is 357 g/mol. The monoisotopic (exact) mass is 357 g/mol. The maximum absolute atomic E-state index is 11.9. The van der Waals surface area contributed by atoms with Crippen molar-refractivity contribution >= 4 is 5.95 Å². The predicted octanol–water partition coefficient (Wildman–Crippen LogP) is 0.796. The Hall–Kier alpha value is -2.32. The van der Waals surface area contributed by atoms with Crippen molar-refractivity contribution in [1.29, 1.82) is 0 Å². The van der Waals surface area contributed by atoms with Crippen molar-refractivity contribution in [3.05, 3.63) is 46.6 Å². The Bertz CT molecular complexity index is 809. The first-order chi connectivity index (χ1) is 12.6. The van der Waals surface area contributed by atoms with E-state index in [2.05, 4.69) is 20.0 Å². The molecule has 0 bridgehead atoms. The summed E-state index contributed by atoms with van der Waals surface area (Å²) in [5, 5.41) is 4.13. The molecule has 0 N–H and O–H groups in total. The molecule has 2 fully saturated rings. The third-order valence-electron chi connectivity index (χ3n) is 4.90.